The highest BCUT2D eigenvalue weighted by Gasteiger charge is 2.29. The maximum atomic E-state index is 13.7. The first-order valence-corrected chi connectivity index (χ1v) is 6.49. The zero-order valence-corrected chi connectivity index (χ0v) is 10.7. The topological polar surface area (TPSA) is 29.5 Å². The van der Waals surface area contributed by atoms with Crippen LogP contribution in [0.5, 0.6) is 5.75 Å². The summed E-state index contributed by atoms with van der Waals surface area (Å²) in [6.45, 7) is 0.286. The van der Waals surface area contributed by atoms with Crippen LogP contribution >= 0.6 is 0 Å². The van der Waals surface area contributed by atoms with Gasteiger partial charge < -0.3 is 9.84 Å². The third kappa shape index (κ3) is 2.27. The molecule has 0 spiro atoms. The maximum Gasteiger partial charge on any atom is 0.164 e. The van der Waals surface area contributed by atoms with Gasteiger partial charge in [0, 0.05) is 11.5 Å². The summed E-state index contributed by atoms with van der Waals surface area (Å²) in [5.41, 5.74) is 0.956. The molecule has 0 aliphatic carbocycles. The number of para-hydroxylation sites is 1. The molecule has 2 nitrogen and oxygen atoms in total. The Labute approximate surface area is 115 Å². The Kier molecular flexibility index (Phi) is 3.40. The lowest BCUT2D eigenvalue weighted by Gasteiger charge is -2.29. The van der Waals surface area contributed by atoms with E-state index in [-0.39, 0.29) is 18.1 Å². The molecule has 4 heteroatoms. The van der Waals surface area contributed by atoms with Crippen LogP contribution in [0.2, 0.25) is 0 Å². The minimum Gasteiger partial charge on any atom is -0.493 e. The molecular weight excluding hydrogens is 262 g/mol. The Morgan fingerprint density at radius 2 is 1.90 bits per heavy atom. The summed E-state index contributed by atoms with van der Waals surface area (Å²) in [4.78, 5) is 0. The number of halogens is 2. The van der Waals surface area contributed by atoms with Gasteiger partial charge in [-0.05, 0) is 24.1 Å². The van der Waals surface area contributed by atoms with E-state index < -0.39 is 17.7 Å². The van der Waals surface area contributed by atoms with E-state index in [2.05, 4.69) is 0 Å². The second-order valence-corrected chi connectivity index (χ2v) is 4.97. The molecule has 0 aromatic heterocycles. The molecular formula is C16H14F2O2. The molecule has 0 saturated heterocycles. The van der Waals surface area contributed by atoms with Gasteiger partial charge in [0.1, 0.15) is 5.75 Å². The van der Waals surface area contributed by atoms with E-state index in [4.69, 9.17) is 4.74 Å². The average Bonchev–Trinajstić information content (AvgIpc) is 2.49. The summed E-state index contributed by atoms with van der Waals surface area (Å²) >= 11 is 0. The number of benzene rings is 2. The Balaban J connectivity index is 1.86. The molecule has 1 aliphatic rings. The predicted molar refractivity (Wildman–Crippen MR) is 70.4 cm³/mol. The highest BCUT2D eigenvalue weighted by molar-refractivity contribution is 5.35. The fourth-order valence-electron chi connectivity index (χ4n) is 2.56. The highest BCUT2D eigenvalue weighted by Crippen LogP contribution is 2.34. The lowest BCUT2D eigenvalue weighted by Crippen LogP contribution is -2.27. The van der Waals surface area contributed by atoms with Crippen molar-refractivity contribution in [2.75, 3.05) is 6.61 Å². The first-order valence-electron chi connectivity index (χ1n) is 6.49. The van der Waals surface area contributed by atoms with Crippen molar-refractivity contribution in [3.8, 4) is 5.75 Å². The number of aliphatic hydroxyl groups excluding tert-OH is 1. The van der Waals surface area contributed by atoms with Gasteiger partial charge in [0.05, 0.1) is 12.7 Å². The van der Waals surface area contributed by atoms with Gasteiger partial charge in [0.15, 0.2) is 11.6 Å². The molecule has 2 unspecified atom stereocenters. The van der Waals surface area contributed by atoms with Gasteiger partial charge >= 0.3 is 0 Å². The van der Waals surface area contributed by atoms with Crippen molar-refractivity contribution in [2.45, 2.75) is 12.5 Å². The predicted octanol–water partition coefficient (Wildman–Crippen LogP) is 3.25. The van der Waals surface area contributed by atoms with E-state index in [0.717, 1.165) is 17.4 Å². The van der Waals surface area contributed by atoms with Gasteiger partial charge in [-0.2, -0.15) is 0 Å². The number of rotatable bonds is 2. The van der Waals surface area contributed by atoms with Crippen LogP contribution in [-0.4, -0.2) is 11.7 Å². The Morgan fingerprint density at radius 1 is 1.10 bits per heavy atom. The summed E-state index contributed by atoms with van der Waals surface area (Å²) in [6, 6.07) is 11.4. The van der Waals surface area contributed by atoms with Crippen molar-refractivity contribution in [2.24, 2.45) is 5.92 Å². The monoisotopic (exact) mass is 276 g/mol. The zero-order valence-electron chi connectivity index (χ0n) is 10.7. The zero-order chi connectivity index (χ0) is 14.1. The lowest BCUT2D eigenvalue weighted by molar-refractivity contribution is 0.0614. The molecule has 0 fully saturated rings. The van der Waals surface area contributed by atoms with Crippen LogP contribution in [0.3, 0.4) is 0 Å². The SMILES string of the molecule is OC(c1cccc(F)c1F)C1COc2ccccc2C1. The van der Waals surface area contributed by atoms with Crippen molar-refractivity contribution < 1.29 is 18.6 Å². The summed E-state index contributed by atoms with van der Waals surface area (Å²) in [5, 5.41) is 10.3. The molecule has 2 aromatic rings. The van der Waals surface area contributed by atoms with Crippen molar-refractivity contribution in [1.82, 2.24) is 0 Å². The maximum absolute atomic E-state index is 13.7. The molecule has 1 heterocycles. The van der Waals surface area contributed by atoms with E-state index >= 15 is 0 Å². The molecule has 1 N–H and O–H groups in total. The van der Waals surface area contributed by atoms with Crippen LogP contribution in [-0.2, 0) is 6.42 Å². The minimum absolute atomic E-state index is 0.0158. The van der Waals surface area contributed by atoms with Crippen molar-refractivity contribution in [3.05, 3.63) is 65.2 Å². The van der Waals surface area contributed by atoms with Crippen molar-refractivity contribution in [1.29, 1.82) is 0 Å². The van der Waals surface area contributed by atoms with E-state index in [1.165, 1.54) is 12.1 Å². The minimum atomic E-state index is -1.08. The average molecular weight is 276 g/mol. The van der Waals surface area contributed by atoms with Gasteiger partial charge in [-0.1, -0.05) is 30.3 Å². The molecule has 0 amide bonds. The Hall–Kier alpha value is -1.94. The number of fused-ring (bicyclic) bond motifs is 1. The third-order valence-corrected chi connectivity index (χ3v) is 3.65. The van der Waals surface area contributed by atoms with Crippen LogP contribution < -0.4 is 4.74 Å². The largest absolute Gasteiger partial charge is 0.493 e. The second-order valence-electron chi connectivity index (χ2n) is 4.97. The molecule has 2 atom stereocenters. The quantitative estimate of drug-likeness (QED) is 0.912. The van der Waals surface area contributed by atoms with Crippen molar-refractivity contribution in [3.63, 3.8) is 0 Å². The Bertz CT molecular complexity index is 628. The van der Waals surface area contributed by atoms with Gasteiger partial charge in [-0.3, -0.25) is 0 Å². The van der Waals surface area contributed by atoms with Crippen molar-refractivity contribution >= 4 is 0 Å². The number of hydrogen-bond donors (Lipinski definition) is 1. The summed E-state index contributed by atoms with van der Waals surface area (Å²) in [5.74, 6) is -1.44. The molecule has 104 valence electrons. The first kappa shape index (κ1) is 13.1. The number of hydrogen-bond acceptors (Lipinski definition) is 2. The molecule has 0 radical (unpaired) electrons. The molecule has 3 rings (SSSR count). The normalized spacial score (nSPS) is 19.1. The fourth-order valence-corrected chi connectivity index (χ4v) is 2.56. The molecule has 0 bridgehead atoms. The smallest absolute Gasteiger partial charge is 0.164 e. The Morgan fingerprint density at radius 3 is 2.75 bits per heavy atom. The van der Waals surface area contributed by atoms with Crippen LogP contribution in [0, 0.1) is 17.6 Å². The number of aliphatic hydroxyl groups is 1. The summed E-state index contributed by atoms with van der Waals surface area (Å²) < 4.78 is 32.5. The van der Waals surface area contributed by atoms with Gasteiger partial charge in [-0.25, -0.2) is 8.78 Å². The summed E-state index contributed by atoms with van der Waals surface area (Å²) in [7, 11) is 0. The van der Waals surface area contributed by atoms with Crippen LogP contribution in [0.4, 0.5) is 8.78 Å². The van der Waals surface area contributed by atoms with E-state index in [1.807, 2.05) is 24.3 Å². The van der Waals surface area contributed by atoms with Gasteiger partial charge in [0.25, 0.3) is 0 Å². The number of ether oxygens (including phenoxy) is 1. The fraction of sp³-hybridized carbons (Fsp3) is 0.250. The van der Waals surface area contributed by atoms with E-state index in [9.17, 15) is 13.9 Å². The molecule has 20 heavy (non-hydrogen) atoms. The molecule has 1 aliphatic heterocycles. The third-order valence-electron chi connectivity index (χ3n) is 3.65. The summed E-state index contributed by atoms with van der Waals surface area (Å²) in [6.07, 6.45) is -0.508. The van der Waals surface area contributed by atoms with Gasteiger partial charge in [0.2, 0.25) is 0 Å². The molecule has 2 aromatic carbocycles. The van der Waals surface area contributed by atoms with E-state index in [0.29, 0.717) is 6.42 Å². The van der Waals surface area contributed by atoms with Crippen LogP contribution in [0.25, 0.3) is 0 Å². The van der Waals surface area contributed by atoms with Crippen LogP contribution in [0.1, 0.15) is 17.2 Å². The first-order chi connectivity index (χ1) is 9.66. The highest BCUT2D eigenvalue weighted by atomic mass is 19.2. The van der Waals surface area contributed by atoms with Crippen LogP contribution in [0.15, 0.2) is 42.5 Å². The second kappa shape index (κ2) is 5.21. The molecule has 0 saturated carbocycles. The lowest BCUT2D eigenvalue weighted by atomic mass is 9.88. The van der Waals surface area contributed by atoms with E-state index in [1.54, 1.807) is 0 Å². The standard InChI is InChI=1S/C16H14F2O2/c17-13-6-3-5-12(15(13)18)16(19)11-8-10-4-1-2-7-14(10)20-9-11/h1-7,11,16,19H,8-9H2. The van der Waals surface area contributed by atoms with Gasteiger partial charge in [-0.15, -0.1) is 0 Å².